The van der Waals surface area contributed by atoms with Gasteiger partial charge in [0.15, 0.2) is 0 Å². The van der Waals surface area contributed by atoms with Crippen LogP contribution in [0.1, 0.15) is 34.8 Å². The van der Waals surface area contributed by atoms with Gasteiger partial charge in [-0.25, -0.2) is 4.79 Å². The fraction of sp³-hybridized carbons (Fsp3) is 0.238. The summed E-state index contributed by atoms with van der Waals surface area (Å²) in [6.45, 7) is 2.28. The number of carbonyl (C=O) groups excluding carboxylic acids is 1. The maximum atomic E-state index is 12.6. The minimum Gasteiger partial charge on any atom is -0.506 e. The summed E-state index contributed by atoms with van der Waals surface area (Å²) >= 11 is 0. The van der Waals surface area contributed by atoms with Crippen molar-refractivity contribution < 1.29 is 19.1 Å². The summed E-state index contributed by atoms with van der Waals surface area (Å²) < 4.78 is 10.8. The van der Waals surface area contributed by atoms with Crippen LogP contribution in [0.25, 0.3) is 11.0 Å². The zero-order chi connectivity index (χ0) is 20.3. The molecule has 0 bridgehead atoms. The van der Waals surface area contributed by atoms with Crippen molar-refractivity contribution in [2.75, 3.05) is 12.4 Å². The van der Waals surface area contributed by atoms with Gasteiger partial charge in [-0.05, 0) is 42.3 Å². The van der Waals surface area contributed by atoms with Crippen LogP contribution < -0.4 is 21.4 Å². The third-order valence-electron chi connectivity index (χ3n) is 4.47. The quantitative estimate of drug-likeness (QED) is 0.446. The SMILES string of the molecule is CCCc1c(OC)ccc2cc(C(=O)Nc3ccc(CN)cc3O)c(=O)oc12. The van der Waals surface area contributed by atoms with Crippen molar-refractivity contribution in [3.63, 3.8) is 0 Å². The van der Waals surface area contributed by atoms with E-state index in [1.807, 2.05) is 6.92 Å². The van der Waals surface area contributed by atoms with Crippen molar-refractivity contribution in [3.05, 3.63) is 63.5 Å². The van der Waals surface area contributed by atoms with Gasteiger partial charge >= 0.3 is 5.63 Å². The third-order valence-corrected chi connectivity index (χ3v) is 4.47. The molecule has 2 aromatic carbocycles. The molecule has 146 valence electrons. The van der Waals surface area contributed by atoms with Crippen LogP contribution in [0.3, 0.4) is 0 Å². The van der Waals surface area contributed by atoms with E-state index < -0.39 is 11.5 Å². The lowest BCUT2D eigenvalue weighted by Crippen LogP contribution is -2.21. The monoisotopic (exact) mass is 382 g/mol. The molecule has 0 aliphatic carbocycles. The van der Waals surface area contributed by atoms with Crippen LogP contribution in [0.2, 0.25) is 0 Å². The van der Waals surface area contributed by atoms with Gasteiger partial charge in [-0.15, -0.1) is 0 Å². The van der Waals surface area contributed by atoms with Crippen molar-refractivity contribution in [2.45, 2.75) is 26.3 Å². The van der Waals surface area contributed by atoms with E-state index in [-0.39, 0.29) is 23.5 Å². The largest absolute Gasteiger partial charge is 0.506 e. The molecule has 0 radical (unpaired) electrons. The Bertz CT molecular complexity index is 1090. The second kappa shape index (κ2) is 8.14. The Balaban J connectivity index is 2.00. The van der Waals surface area contributed by atoms with E-state index in [9.17, 15) is 14.7 Å². The third kappa shape index (κ3) is 3.70. The molecule has 1 amide bonds. The summed E-state index contributed by atoms with van der Waals surface area (Å²) in [6.07, 6.45) is 1.52. The Morgan fingerprint density at radius 1 is 1.25 bits per heavy atom. The Morgan fingerprint density at radius 3 is 2.68 bits per heavy atom. The maximum absolute atomic E-state index is 12.6. The predicted octanol–water partition coefficient (Wildman–Crippen LogP) is 3.17. The standard InChI is InChI=1S/C21H22N2O5/c1-3-4-14-18(27-2)8-6-13-10-15(21(26)28-19(13)14)20(25)23-16-7-5-12(11-22)9-17(16)24/h5-10,24H,3-4,11,22H2,1-2H3,(H,23,25). The van der Waals surface area contributed by atoms with Crippen molar-refractivity contribution in [1.82, 2.24) is 0 Å². The summed E-state index contributed by atoms with van der Waals surface area (Å²) in [5, 5.41) is 13.2. The van der Waals surface area contributed by atoms with E-state index >= 15 is 0 Å². The molecule has 0 atom stereocenters. The molecule has 0 aliphatic heterocycles. The van der Waals surface area contributed by atoms with Gasteiger partial charge in [0.05, 0.1) is 12.8 Å². The van der Waals surface area contributed by atoms with Crippen molar-refractivity contribution in [2.24, 2.45) is 5.73 Å². The minimum absolute atomic E-state index is 0.128. The van der Waals surface area contributed by atoms with E-state index in [0.29, 0.717) is 23.1 Å². The first kappa shape index (κ1) is 19.4. The first-order valence-corrected chi connectivity index (χ1v) is 8.95. The van der Waals surface area contributed by atoms with Gasteiger partial charge in [-0.3, -0.25) is 4.79 Å². The number of rotatable bonds is 6. The Labute approximate surface area is 161 Å². The van der Waals surface area contributed by atoms with Crippen LogP contribution >= 0.6 is 0 Å². The number of aryl methyl sites for hydroxylation is 1. The van der Waals surface area contributed by atoms with E-state index in [1.54, 1.807) is 25.3 Å². The van der Waals surface area contributed by atoms with E-state index in [2.05, 4.69) is 5.32 Å². The van der Waals surface area contributed by atoms with Gasteiger partial charge < -0.3 is 25.3 Å². The fourth-order valence-corrected chi connectivity index (χ4v) is 3.06. The number of fused-ring (bicyclic) bond motifs is 1. The average Bonchev–Trinajstić information content (AvgIpc) is 2.69. The Morgan fingerprint density at radius 2 is 2.04 bits per heavy atom. The van der Waals surface area contributed by atoms with Crippen molar-refractivity contribution >= 4 is 22.6 Å². The molecule has 0 unspecified atom stereocenters. The van der Waals surface area contributed by atoms with Gasteiger partial charge in [0, 0.05) is 17.5 Å². The Kier molecular flexibility index (Phi) is 5.65. The number of nitrogens with two attached hydrogens (primary N) is 1. The molecule has 28 heavy (non-hydrogen) atoms. The molecule has 7 nitrogen and oxygen atoms in total. The summed E-state index contributed by atoms with van der Waals surface area (Å²) in [5.41, 5.74) is 6.73. The highest BCUT2D eigenvalue weighted by molar-refractivity contribution is 6.06. The van der Waals surface area contributed by atoms with E-state index in [1.165, 1.54) is 18.2 Å². The molecule has 1 aromatic heterocycles. The van der Waals surface area contributed by atoms with Crippen molar-refractivity contribution in [1.29, 1.82) is 0 Å². The molecule has 7 heteroatoms. The number of amides is 1. The average molecular weight is 382 g/mol. The summed E-state index contributed by atoms with van der Waals surface area (Å²) in [4.78, 5) is 25.0. The van der Waals surface area contributed by atoms with Gasteiger partial charge in [0.2, 0.25) is 0 Å². The molecule has 0 fully saturated rings. The highest BCUT2D eigenvalue weighted by Gasteiger charge is 2.18. The number of aromatic hydroxyl groups is 1. The second-order valence-corrected chi connectivity index (χ2v) is 6.37. The number of benzene rings is 2. The summed E-state index contributed by atoms with van der Waals surface area (Å²) in [5.74, 6) is -0.157. The first-order chi connectivity index (χ1) is 13.5. The lowest BCUT2D eigenvalue weighted by atomic mass is 10.0. The number of phenols is 1. The molecule has 3 aromatic rings. The van der Waals surface area contributed by atoms with E-state index in [4.69, 9.17) is 14.9 Å². The van der Waals surface area contributed by atoms with E-state index in [0.717, 1.165) is 17.5 Å². The minimum atomic E-state index is -0.756. The first-order valence-electron chi connectivity index (χ1n) is 8.95. The number of anilines is 1. The predicted molar refractivity (Wildman–Crippen MR) is 107 cm³/mol. The van der Waals surface area contributed by atoms with Crippen LogP contribution in [-0.4, -0.2) is 18.1 Å². The van der Waals surface area contributed by atoms with Crippen LogP contribution in [0.4, 0.5) is 5.69 Å². The smallest absolute Gasteiger partial charge is 0.349 e. The topological polar surface area (TPSA) is 115 Å². The summed E-state index contributed by atoms with van der Waals surface area (Å²) in [6, 6.07) is 9.68. The molecular weight excluding hydrogens is 360 g/mol. The number of carbonyl (C=O) groups is 1. The molecule has 1 heterocycles. The molecular formula is C21H22N2O5. The molecule has 3 rings (SSSR count). The second-order valence-electron chi connectivity index (χ2n) is 6.37. The van der Waals surface area contributed by atoms with Crippen LogP contribution in [0.15, 0.2) is 45.6 Å². The number of phenolic OH excluding ortho intramolecular Hbond substituents is 1. The van der Waals surface area contributed by atoms with Crippen molar-refractivity contribution in [3.8, 4) is 11.5 Å². The van der Waals surface area contributed by atoms with Crippen LogP contribution in [-0.2, 0) is 13.0 Å². The fourth-order valence-electron chi connectivity index (χ4n) is 3.06. The highest BCUT2D eigenvalue weighted by atomic mass is 16.5. The summed E-state index contributed by atoms with van der Waals surface area (Å²) in [7, 11) is 1.56. The zero-order valence-corrected chi connectivity index (χ0v) is 15.7. The number of ether oxygens (including phenoxy) is 1. The molecule has 0 saturated heterocycles. The molecule has 0 spiro atoms. The van der Waals surface area contributed by atoms with Gasteiger partial charge in [0.25, 0.3) is 5.91 Å². The lowest BCUT2D eigenvalue weighted by molar-refractivity contribution is 0.102. The molecule has 4 N–H and O–H groups in total. The van der Waals surface area contributed by atoms with Gasteiger partial charge in [-0.2, -0.15) is 0 Å². The van der Waals surface area contributed by atoms with Gasteiger partial charge in [0.1, 0.15) is 22.6 Å². The molecule has 0 aliphatic rings. The normalized spacial score (nSPS) is 10.8. The number of hydrogen-bond donors (Lipinski definition) is 3. The Hall–Kier alpha value is -3.32. The lowest BCUT2D eigenvalue weighted by Gasteiger charge is -2.11. The number of nitrogens with one attached hydrogen (secondary N) is 1. The van der Waals surface area contributed by atoms with Crippen LogP contribution in [0.5, 0.6) is 11.5 Å². The highest BCUT2D eigenvalue weighted by Crippen LogP contribution is 2.29. The maximum Gasteiger partial charge on any atom is 0.349 e. The number of hydrogen-bond acceptors (Lipinski definition) is 6. The van der Waals surface area contributed by atoms with Crippen LogP contribution in [0, 0.1) is 0 Å². The van der Waals surface area contributed by atoms with Gasteiger partial charge in [-0.1, -0.05) is 19.4 Å². The number of methoxy groups -OCH3 is 1. The molecule has 0 saturated carbocycles. The zero-order valence-electron chi connectivity index (χ0n) is 15.7.